The SMILES string of the molecule is CC.CC(C)C(C)N1CCCCC1.CCCN(Cc1ccccn1)C(C)C. The van der Waals surface area contributed by atoms with E-state index < -0.39 is 0 Å². The van der Waals surface area contributed by atoms with Gasteiger partial charge in [0.25, 0.3) is 0 Å². The Hall–Kier alpha value is -0.930. The van der Waals surface area contributed by atoms with Crippen LogP contribution in [-0.2, 0) is 6.54 Å². The van der Waals surface area contributed by atoms with Crippen LogP contribution in [0.2, 0.25) is 0 Å². The highest BCUT2D eigenvalue weighted by atomic mass is 15.2. The van der Waals surface area contributed by atoms with E-state index in [0.717, 1.165) is 30.7 Å². The van der Waals surface area contributed by atoms with Crippen LogP contribution in [0, 0.1) is 5.92 Å². The van der Waals surface area contributed by atoms with Crippen molar-refractivity contribution in [2.45, 2.75) is 99.7 Å². The largest absolute Gasteiger partial charge is 0.300 e. The van der Waals surface area contributed by atoms with Gasteiger partial charge in [-0.25, -0.2) is 0 Å². The number of pyridine rings is 1. The van der Waals surface area contributed by atoms with Crippen molar-refractivity contribution in [2.24, 2.45) is 5.92 Å². The minimum Gasteiger partial charge on any atom is -0.300 e. The standard InChI is InChI=1S/C12H20N2.C10H21N.C2H6/c1-4-9-14(11(2)3)10-12-7-5-6-8-13-12;1-9(2)10(3)11-7-5-4-6-8-11;1-2/h5-8,11H,4,9-10H2,1-3H3;9-10H,4-8H2,1-3H3;1-2H3. The summed E-state index contributed by atoms with van der Waals surface area (Å²) in [6, 6.07) is 7.48. The first-order valence-corrected chi connectivity index (χ1v) is 11.3. The third-order valence-electron chi connectivity index (χ3n) is 5.26. The van der Waals surface area contributed by atoms with Gasteiger partial charge in [-0.05, 0) is 77.7 Å². The molecule has 0 saturated carbocycles. The van der Waals surface area contributed by atoms with E-state index in [0.29, 0.717) is 6.04 Å². The van der Waals surface area contributed by atoms with Crippen molar-refractivity contribution in [3.8, 4) is 0 Å². The molecule has 0 bridgehead atoms. The van der Waals surface area contributed by atoms with Gasteiger partial charge in [-0.15, -0.1) is 0 Å². The van der Waals surface area contributed by atoms with Crippen molar-refractivity contribution in [2.75, 3.05) is 19.6 Å². The molecular formula is C24H47N3. The fourth-order valence-corrected chi connectivity index (χ4v) is 3.25. The molecule has 0 radical (unpaired) electrons. The van der Waals surface area contributed by atoms with Crippen molar-refractivity contribution < 1.29 is 0 Å². The third kappa shape index (κ3) is 11.5. The van der Waals surface area contributed by atoms with Crippen molar-refractivity contribution in [3.05, 3.63) is 30.1 Å². The summed E-state index contributed by atoms with van der Waals surface area (Å²) in [6.07, 6.45) is 7.33. The molecule has 3 heteroatoms. The molecule has 2 heterocycles. The molecule has 0 amide bonds. The Bertz CT molecular complexity index is 425. The van der Waals surface area contributed by atoms with Gasteiger partial charge < -0.3 is 4.90 Å². The molecule has 3 nitrogen and oxygen atoms in total. The van der Waals surface area contributed by atoms with E-state index in [1.165, 1.54) is 38.8 Å². The number of nitrogens with zero attached hydrogens (tertiary/aromatic N) is 3. The monoisotopic (exact) mass is 377 g/mol. The Morgan fingerprint density at radius 1 is 1.00 bits per heavy atom. The van der Waals surface area contributed by atoms with E-state index in [1.54, 1.807) is 0 Å². The second-order valence-corrected chi connectivity index (χ2v) is 7.97. The number of likely N-dealkylation sites (tertiary alicyclic amines) is 1. The Balaban J connectivity index is 0.000000469. The molecule has 0 spiro atoms. The molecule has 0 aliphatic carbocycles. The summed E-state index contributed by atoms with van der Waals surface area (Å²) in [7, 11) is 0. The van der Waals surface area contributed by atoms with Gasteiger partial charge in [0.1, 0.15) is 0 Å². The number of aromatic nitrogens is 1. The van der Waals surface area contributed by atoms with Gasteiger partial charge in [0.05, 0.1) is 5.69 Å². The highest BCUT2D eigenvalue weighted by Crippen LogP contribution is 2.16. The molecule has 1 saturated heterocycles. The maximum atomic E-state index is 4.34. The lowest BCUT2D eigenvalue weighted by molar-refractivity contribution is 0.140. The molecule has 1 aliphatic rings. The lowest BCUT2D eigenvalue weighted by Crippen LogP contribution is -2.40. The molecule has 1 aliphatic heterocycles. The molecule has 2 rings (SSSR count). The topological polar surface area (TPSA) is 19.4 Å². The van der Waals surface area contributed by atoms with Crippen LogP contribution in [0.3, 0.4) is 0 Å². The summed E-state index contributed by atoms with van der Waals surface area (Å²) < 4.78 is 0. The predicted molar refractivity (Wildman–Crippen MR) is 121 cm³/mol. The average molecular weight is 378 g/mol. The van der Waals surface area contributed by atoms with E-state index in [9.17, 15) is 0 Å². The fourth-order valence-electron chi connectivity index (χ4n) is 3.25. The van der Waals surface area contributed by atoms with E-state index in [4.69, 9.17) is 0 Å². The first-order chi connectivity index (χ1) is 13.0. The van der Waals surface area contributed by atoms with Crippen LogP contribution >= 0.6 is 0 Å². The van der Waals surface area contributed by atoms with Gasteiger partial charge in [-0.1, -0.05) is 47.1 Å². The fraction of sp³-hybridized carbons (Fsp3) is 0.792. The van der Waals surface area contributed by atoms with E-state index in [1.807, 2.05) is 32.2 Å². The highest BCUT2D eigenvalue weighted by Gasteiger charge is 2.18. The van der Waals surface area contributed by atoms with Crippen LogP contribution in [0.1, 0.15) is 86.8 Å². The van der Waals surface area contributed by atoms with Crippen LogP contribution in [-0.4, -0.2) is 46.5 Å². The van der Waals surface area contributed by atoms with Gasteiger partial charge in [0.15, 0.2) is 0 Å². The van der Waals surface area contributed by atoms with Crippen molar-refractivity contribution in [1.82, 2.24) is 14.8 Å². The molecule has 1 aromatic rings. The van der Waals surface area contributed by atoms with Crippen molar-refractivity contribution >= 4 is 0 Å². The van der Waals surface area contributed by atoms with Gasteiger partial charge in [-0.3, -0.25) is 9.88 Å². The van der Waals surface area contributed by atoms with E-state index in [-0.39, 0.29) is 0 Å². The van der Waals surface area contributed by atoms with Crippen LogP contribution in [0.4, 0.5) is 0 Å². The average Bonchev–Trinajstić information content (AvgIpc) is 2.70. The van der Waals surface area contributed by atoms with E-state index in [2.05, 4.69) is 62.4 Å². The quantitative estimate of drug-likeness (QED) is 0.560. The van der Waals surface area contributed by atoms with Crippen molar-refractivity contribution in [3.63, 3.8) is 0 Å². The molecule has 1 fully saturated rings. The van der Waals surface area contributed by atoms with Crippen molar-refractivity contribution in [1.29, 1.82) is 0 Å². The number of rotatable bonds is 7. The normalized spacial score (nSPS) is 15.8. The summed E-state index contributed by atoms with van der Waals surface area (Å²) >= 11 is 0. The lowest BCUT2D eigenvalue weighted by atomic mass is 10.0. The molecule has 0 N–H and O–H groups in total. The highest BCUT2D eigenvalue weighted by molar-refractivity contribution is 5.03. The van der Waals surface area contributed by atoms with Gasteiger partial charge in [0.2, 0.25) is 0 Å². The summed E-state index contributed by atoms with van der Waals surface area (Å²) in [6.45, 7) is 22.5. The maximum absolute atomic E-state index is 4.34. The molecule has 1 atom stereocenters. The summed E-state index contributed by atoms with van der Waals surface area (Å²) in [5.74, 6) is 0.813. The number of hydrogen-bond acceptors (Lipinski definition) is 3. The molecular weight excluding hydrogens is 330 g/mol. The minimum atomic E-state index is 0.594. The number of hydrogen-bond donors (Lipinski definition) is 0. The predicted octanol–water partition coefficient (Wildman–Crippen LogP) is 6.25. The summed E-state index contributed by atoms with van der Waals surface area (Å²) in [4.78, 5) is 9.42. The first-order valence-electron chi connectivity index (χ1n) is 11.3. The summed E-state index contributed by atoms with van der Waals surface area (Å²) in [5, 5.41) is 0. The summed E-state index contributed by atoms with van der Waals surface area (Å²) in [5.41, 5.74) is 1.16. The van der Waals surface area contributed by atoms with Crippen LogP contribution < -0.4 is 0 Å². The molecule has 158 valence electrons. The lowest BCUT2D eigenvalue weighted by Gasteiger charge is -2.34. The van der Waals surface area contributed by atoms with Crippen LogP contribution in [0.15, 0.2) is 24.4 Å². The zero-order chi connectivity index (χ0) is 20.7. The molecule has 27 heavy (non-hydrogen) atoms. The first kappa shape index (κ1) is 26.1. The van der Waals surface area contributed by atoms with Gasteiger partial charge in [-0.2, -0.15) is 0 Å². The minimum absolute atomic E-state index is 0.594. The van der Waals surface area contributed by atoms with Gasteiger partial charge in [0, 0.05) is 24.8 Å². The Morgan fingerprint density at radius 2 is 1.63 bits per heavy atom. The Morgan fingerprint density at radius 3 is 2.07 bits per heavy atom. The Kier molecular flexibility index (Phi) is 15.5. The van der Waals surface area contributed by atoms with Crippen LogP contribution in [0.5, 0.6) is 0 Å². The van der Waals surface area contributed by atoms with Gasteiger partial charge >= 0.3 is 0 Å². The molecule has 0 aromatic carbocycles. The number of piperidine rings is 1. The smallest absolute Gasteiger partial charge is 0.0544 e. The molecule has 1 aromatic heterocycles. The maximum Gasteiger partial charge on any atom is 0.0544 e. The van der Waals surface area contributed by atoms with E-state index >= 15 is 0 Å². The Labute approximate surface area is 170 Å². The second kappa shape index (κ2) is 16.1. The zero-order valence-electron chi connectivity index (χ0n) is 19.5. The zero-order valence-corrected chi connectivity index (χ0v) is 19.5. The van der Waals surface area contributed by atoms with Crippen LogP contribution in [0.25, 0.3) is 0 Å². The second-order valence-electron chi connectivity index (χ2n) is 7.97. The molecule has 1 unspecified atom stereocenters. The third-order valence-corrected chi connectivity index (χ3v) is 5.26.